The van der Waals surface area contributed by atoms with Gasteiger partial charge in [0, 0.05) is 13.1 Å². The highest BCUT2D eigenvalue weighted by Crippen LogP contribution is 2.19. The van der Waals surface area contributed by atoms with E-state index in [9.17, 15) is 4.79 Å². The van der Waals surface area contributed by atoms with Crippen LogP contribution in [0.1, 0.15) is 19.7 Å². The molecule has 8 heteroatoms. The molecule has 0 aromatic carbocycles. The van der Waals surface area contributed by atoms with Gasteiger partial charge in [-0.05, 0) is 13.8 Å². The van der Waals surface area contributed by atoms with Gasteiger partial charge in [-0.15, -0.1) is 11.8 Å². The van der Waals surface area contributed by atoms with Crippen LogP contribution in [0.25, 0.3) is 0 Å². The lowest BCUT2D eigenvalue weighted by molar-refractivity contribution is -0.140. The van der Waals surface area contributed by atoms with Crippen LogP contribution in [-0.2, 0) is 15.3 Å². The van der Waals surface area contributed by atoms with Crippen molar-refractivity contribution in [2.24, 2.45) is 0 Å². The first-order chi connectivity index (χ1) is 11.0. The number of thioether (sulfide) groups is 1. The van der Waals surface area contributed by atoms with Gasteiger partial charge < -0.3 is 19.1 Å². The molecule has 128 valence electrons. The Bertz CT molecular complexity index is 511. The van der Waals surface area contributed by atoms with Crippen LogP contribution in [0.5, 0.6) is 11.8 Å². The third-order valence-corrected chi connectivity index (χ3v) is 4.29. The van der Waals surface area contributed by atoms with E-state index in [0.29, 0.717) is 42.2 Å². The summed E-state index contributed by atoms with van der Waals surface area (Å²) in [5.74, 6) is 2.52. The maximum Gasteiger partial charge on any atom is 0.232 e. The largest absolute Gasteiger partial charge is 0.481 e. The van der Waals surface area contributed by atoms with Crippen molar-refractivity contribution in [3.63, 3.8) is 0 Å². The summed E-state index contributed by atoms with van der Waals surface area (Å²) < 4.78 is 15.9. The summed E-state index contributed by atoms with van der Waals surface area (Å²) in [6.07, 6.45) is 0.164. The maximum atomic E-state index is 12.3. The molecule has 2 heterocycles. The molecule has 1 amide bonds. The van der Waals surface area contributed by atoms with E-state index in [-0.39, 0.29) is 18.1 Å². The average molecular weight is 341 g/mol. The molecule has 7 nitrogen and oxygen atoms in total. The van der Waals surface area contributed by atoms with E-state index >= 15 is 0 Å². The summed E-state index contributed by atoms with van der Waals surface area (Å²) in [5, 5.41) is 0. The standard InChI is InChI=1S/C15H23N3O4S/c1-10-6-18(7-11(2)22-10)15(19)9-23-8-12-16-13(20-3)5-14(17-12)21-4/h5,10-11H,6-9H2,1-4H3. The van der Waals surface area contributed by atoms with Gasteiger partial charge in [-0.25, -0.2) is 0 Å². The molecule has 0 bridgehead atoms. The van der Waals surface area contributed by atoms with Crippen LogP contribution in [-0.4, -0.2) is 66.0 Å². The number of carbonyl (C=O) groups is 1. The van der Waals surface area contributed by atoms with Gasteiger partial charge in [0.05, 0.1) is 44.0 Å². The predicted octanol–water partition coefficient (Wildman–Crippen LogP) is 1.36. The van der Waals surface area contributed by atoms with Crippen molar-refractivity contribution in [1.29, 1.82) is 0 Å². The Hall–Kier alpha value is -1.54. The Morgan fingerprint density at radius 1 is 1.26 bits per heavy atom. The first kappa shape index (κ1) is 17.8. The molecule has 2 rings (SSSR count). The number of hydrogen-bond donors (Lipinski definition) is 0. The fourth-order valence-corrected chi connectivity index (χ4v) is 3.20. The topological polar surface area (TPSA) is 73.8 Å². The monoisotopic (exact) mass is 341 g/mol. The Balaban J connectivity index is 1.85. The first-order valence-electron chi connectivity index (χ1n) is 7.48. The minimum Gasteiger partial charge on any atom is -0.481 e. The fourth-order valence-electron chi connectivity index (χ4n) is 2.43. The van der Waals surface area contributed by atoms with Crippen LogP contribution >= 0.6 is 11.8 Å². The SMILES string of the molecule is COc1cc(OC)nc(CSCC(=O)N2CC(C)OC(C)C2)n1. The van der Waals surface area contributed by atoms with Crippen molar-refractivity contribution in [3.8, 4) is 11.8 Å². The molecule has 1 aliphatic rings. The van der Waals surface area contributed by atoms with E-state index in [2.05, 4.69) is 9.97 Å². The third kappa shape index (κ3) is 5.24. The van der Waals surface area contributed by atoms with Gasteiger partial charge in [-0.1, -0.05) is 0 Å². The van der Waals surface area contributed by atoms with Crippen LogP contribution in [0.4, 0.5) is 0 Å². The molecular formula is C15H23N3O4S. The zero-order valence-corrected chi connectivity index (χ0v) is 14.8. The summed E-state index contributed by atoms with van der Waals surface area (Å²) in [5.41, 5.74) is 0. The number of morpholine rings is 1. The number of carbonyl (C=O) groups excluding carboxylic acids is 1. The second-order valence-electron chi connectivity index (χ2n) is 5.42. The first-order valence-corrected chi connectivity index (χ1v) is 8.64. The van der Waals surface area contributed by atoms with Gasteiger partial charge in [-0.3, -0.25) is 4.79 Å². The molecule has 23 heavy (non-hydrogen) atoms. The summed E-state index contributed by atoms with van der Waals surface area (Å²) in [6, 6.07) is 1.62. The van der Waals surface area contributed by atoms with Gasteiger partial charge in [0.2, 0.25) is 17.7 Å². The van der Waals surface area contributed by atoms with Crippen LogP contribution in [0, 0.1) is 0 Å². The minimum absolute atomic E-state index is 0.0821. The number of rotatable bonds is 6. The zero-order chi connectivity index (χ0) is 16.8. The molecule has 2 atom stereocenters. The van der Waals surface area contributed by atoms with Crippen molar-refractivity contribution < 1.29 is 19.0 Å². The number of aromatic nitrogens is 2. The lowest BCUT2D eigenvalue weighted by atomic mass is 10.2. The van der Waals surface area contributed by atoms with Crippen molar-refractivity contribution in [2.75, 3.05) is 33.1 Å². The van der Waals surface area contributed by atoms with Crippen molar-refractivity contribution in [3.05, 3.63) is 11.9 Å². The van der Waals surface area contributed by atoms with Crippen LogP contribution in [0.2, 0.25) is 0 Å². The number of hydrogen-bond acceptors (Lipinski definition) is 7. The van der Waals surface area contributed by atoms with E-state index in [1.54, 1.807) is 20.3 Å². The van der Waals surface area contributed by atoms with E-state index in [0.717, 1.165) is 0 Å². The lowest BCUT2D eigenvalue weighted by Gasteiger charge is -2.35. The van der Waals surface area contributed by atoms with E-state index < -0.39 is 0 Å². The van der Waals surface area contributed by atoms with Crippen molar-refractivity contribution in [2.45, 2.75) is 31.8 Å². The predicted molar refractivity (Wildman–Crippen MR) is 87.9 cm³/mol. The maximum absolute atomic E-state index is 12.3. The lowest BCUT2D eigenvalue weighted by Crippen LogP contribution is -2.48. The smallest absolute Gasteiger partial charge is 0.232 e. The Labute approximate surface area is 140 Å². The third-order valence-electron chi connectivity index (χ3n) is 3.37. The molecule has 0 saturated carbocycles. The Kier molecular flexibility index (Phi) is 6.47. The highest BCUT2D eigenvalue weighted by atomic mass is 32.2. The van der Waals surface area contributed by atoms with Crippen molar-refractivity contribution >= 4 is 17.7 Å². The number of ether oxygens (including phenoxy) is 3. The molecule has 0 aliphatic carbocycles. The van der Waals surface area contributed by atoms with Crippen molar-refractivity contribution in [1.82, 2.24) is 14.9 Å². The van der Waals surface area contributed by atoms with Crippen LogP contribution in [0.3, 0.4) is 0 Å². The average Bonchev–Trinajstić information content (AvgIpc) is 2.53. The van der Waals surface area contributed by atoms with Gasteiger partial charge in [0.1, 0.15) is 5.82 Å². The van der Waals surface area contributed by atoms with Gasteiger partial charge in [0.15, 0.2) is 0 Å². The molecule has 1 aromatic rings. The van der Waals surface area contributed by atoms with E-state index in [1.807, 2.05) is 18.7 Å². The molecule has 0 spiro atoms. The van der Waals surface area contributed by atoms with Gasteiger partial charge in [-0.2, -0.15) is 9.97 Å². The van der Waals surface area contributed by atoms with Gasteiger partial charge in [0.25, 0.3) is 0 Å². The molecule has 1 aromatic heterocycles. The summed E-state index contributed by atoms with van der Waals surface area (Å²) in [6.45, 7) is 5.26. The normalized spacial score (nSPS) is 21.1. The molecule has 0 radical (unpaired) electrons. The molecule has 1 saturated heterocycles. The number of nitrogens with zero attached hydrogens (tertiary/aromatic N) is 3. The molecule has 2 unspecified atom stereocenters. The molecule has 1 aliphatic heterocycles. The fraction of sp³-hybridized carbons (Fsp3) is 0.667. The highest BCUT2D eigenvalue weighted by Gasteiger charge is 2.25. The summed E-state index contributed by atoms with van der Waals surface area (Å²) >= 11 is 1.48. The van der Waals surface area contributed by atoms with E-state index in [4.69, 9.17) is 14.2 Å². The molecular weight excluding hydrogens is 318 g/mol. The minimum atomic E-state index is 0.0821. The van der Waals surface area contributed by atoms with Crippen LogP contribution in [0.15, 0.2) is 6.07 Å². The number of methoxy groups -OCH3 is 2. The van der Waals surface area contributed by atoms with Gasteiger partial charge >= 0.3 is 0 Å². The second kappa shape index (κ2) is 8.35. The second-order valence-corrected chi connectivity index (χ2v) is 6.40. The molecule has 0 N–H and O–H groups in total. The highest BCUT2D eigenvalue weighted by molar-refractivity contribution is 7.99. The quantitative estimate of drug-likeness (QED) is 0.773. The zero-order valence-electron chi connectivity index (χ0n) is 13.9. The Morgan fingerprint density at radius 3 is 2.35 bits per heavy atom. The summed E-state index contributed by atoms with van der Waals surface area (Å²) in [4.78, 5) is 22.7. The Morgan fingerprint density at radius 2 is 1.83 bits per heavy atom. The van der Waals surface area contributed by atoms with E-state index in [1.165, 1.54) is 11.8 Å². The number of amides is 1. The summed E-state index contributed by atoms with van der Waals surface area (Å²) in [7, 11) is 3.09. The molecule has 1 fully saturated rings. The van der Waals surface area contributed by atoms with Crippen LogP contribution < -0.4 is 9.47 Å².